The Hall–Kier alpha value is -1.94. The summed E-state index contributed by atoms with van der Waals surface area (Å²) in [5.41, 5.74) is 0. The van der Waals surface area contributed by atoms with Crippen molar-refractivity contribution < 1.29 is 80.2 Å². The van der Waals surface area contributed by atoms with Gasteiger partial charge in [-0.2, -0.15) is 0 Å². The summed E-state index contributed by atoms with van der Waals surface area (Å²) >= 11 is 0. The third-order valence-electron chi connectivity index (χ3n) is 18.9. The van der Waals surface area contributed by atoms with Crippen LogP contribution in [0.4, 0.5) is 0 Å². The van der Waals surface area contributed by atoms with Gasteiger partial charge in [-0.05, 0) is 49.4 Å². The van der Waals surface area contributed by atoms with E-state index in [1.807, 2.05) is 0 Å². The minimum atomic E-state index is -4.96. The van der Waals surface area contributed by atoms with Crippen LogP contribution in [0.25, 0.3) is 0 Å². The molecule has 0 heterocycles. The molecule has 99 heavy (non-hydrogen) atoms. The molecule has 6 atom stereocenters. The maximum atomic E-state index is 13.1. The van der Waals surface area contributed by atoms with Crippen molar-refractivity contribution in [2.45, 2.75) is 427 Å². The molecule has 0 aromatic carbocycles. The number of hydrogen-bond acceptors (Lipinski definition) is 15. The maximum Gasteiger partial charge on any atom is 0.472 e. The fraction of sp³-hybridized carbons (Fsp3) is 0.950. The number of carbonyl (C=O) groups excluding carboxylic acids is 4. The van der Waals surface area contributed by atoms with Gasteiger partial charge in [-0.1, -0.05) is 357 Å². The van der Waals surface area contributed by atoms with Crippen molar-refractivity contribution in [3.63, 3.8) is 0 Å². The molecule has 0 aliphatic heterocycles. The van der Waals surface area contributed by atoms with Gasteiger partial charge < -0.3 is 33.8 Å². The standard InChI is InChI=1S/C80H156O17P2/c1-9-73(8)59-51-43-38-39-45-53-61-78(83)91-67-76(97-80(85)63-54-46-35-29-25-21-17-13-11-10-12-15-19-23-27-32-40-48-56-70(2)3)69-95-99(88,89)93-65-74(81)64-92-98(86,87)94-68-75(66-90-77(82)60-52-44-37-31-34-42-50-58-72(6)7)96-79(84)62-55-47-36-30-26-22-18-14-16-20-24-28-33-41-49-57-71(4)5/h70-76,81H,9-69H2,1-8H3,(H,86,87)(H,88,89)/t73?,74?,75-,76-/m1/s1. The average molecular weight is 1450 g/mol. The lowest BCUT2D eigenvalue weighted by molar-refractivity contribution is -0.161. The monoisotopic (exact) mass is 1450 g/mol. The van der Waals surface area contributed by atoms with Crippen LogP contribution in [0.2, 0.25) is 0 Å². The SMILES string of the molecule is CCC(C)CCCCCCCCC(=O)OC[C@H](COP(=O)(O)OCC(O)COP(=O)(O)OC[C@@H](COC(=O)CCCCCCCCCC(C)C)OC(=O)CCCCCCCCCCCCCCCCCC(C)C)OC(=O)CCCCCCCCCCCCCCCCCCCCC(C)C. The highest BCUT2D eigenvalue weighted by atomic mass is 31.2. The van der Waals surface area contributed by atoms with Crippen LogP contribution in [0.3, 0.4) is 0 Å². The quantitative estimate of drug-likeness (QED) is 0.0222. The van der Waals surface area contributed by atoms with Crippen LogP contribution in [0.1, 0.15) is 409 Å². The first kappa shape index (κ1) is 97.1. The molecule has 0 bridgehead atoms. The number of aliphatic hydroxyl groups excluding tert-OH is 1. The second-order valence-electron chi connectivity index (χ2n) is 30.5. The van der Waals surface area contributed by atoms with Crippen molar-refractivity contribution in [2.24, 2.45) is 23.7 Å². The smallest absolute Gasteiger partial charge is 0.462 e. The van der Waals surface area contributed by atoms with E-state index in [-0.39, 0.29) is 25.7 Å². The molecule has 0 aliphatic rings. The molecular weight excluding hydrogens is 1290 g/mol. The van der Waals surface area contributed by atoms with Crippen molar-refractivity contribution in [3.8, 4) is 0 Å². The van der Waals surface area contributed by atoms with E-state index < -0.39 is 97.5 Å². The van der Waals surface area contributed by atoms with Gasteiger partial charge in [0.15, 0.2) is 12.2 Å². The molecule has 0 saturated carbocycles. The van der Waals surface area contributed by atoms with Gasteiger partial charge >= 0.3 is 39.5 Å². The molecular formula is C80H156O17P2. The Morgan fingerprint density at radius 1 is 0.283 bits per heavy atom. The Balaban J connectivity index is 5.17. The van der Waals surface area contributed by atoms with Gasteiger partial charge in [-0.15, -0.1) is 0 Å². The Morgan fingerprint density at radius 3 is 0.717 bits per heavy atom. The highest BCUT2D eigenvalue weighted by molar-refractivity contribution is 7.47. The zero-order chi connectivity index (χ0) is 73.1. The molecule has 0 amide bonds. The number of unbranched alkanes of at least 4 members (excludes halogenated alkanes) is 42. The summed E-state index contributed by atoms with van der Waals surface area (Å²) < 4.78 is 68.6. The van der Waals surface area contributed by atoms with E-state index >= 15 is 0 Å². The third kappa shape index (κ3) is 72.8. The number of carbonyl (C=O) groups is 4. The molecule has 4 unspecified atom stereocenters. The zero-order valence-corrected chi connectivity index (χ0v) is 66.9. The zero-order valence-electron chi connectivity index (χ0n) is 65.1. The number of ether oxygens (including phenoxy) is 4. The predicted octanol–water partition coefficient (Wildman–Crippen LogP) is 23.6. The summed E-state index contributed by atoms with van der Waals surface area (Å²) in [6.45, 7) is 14.2. The number of hydrogen-bond donors (Lipinski definition) is 3. The highest BCUT2D eigenvalue weighted by Crippen LogP contribution is 2.45. The molecule has 0 fully saturated rings. The Labute approximate surface area is 607 Å². The minimum absolute atomic E-state index is 0.106. The summed E-state index contributed by atoms with van der Waals surface area (Å²) in [5.74, 6) is 0.940. The van der Waals surface area contributed by atoms with Crippen molar-refractivity contribution in [3.05, 3.63) is 0 Å². The molecule has 0 aromatic rings. The Kier molecular flexibility index (Phi) is 67.8. The van der Waals surface area contributed by atoms with Gasteiger partial charge in [0.05, 0.1) is 26.4 Å². The van der Waals surface area contributed by atoms with Crippen LogP contribution in [0, 0.1) is 23.7 Å². The molecule has 0 rings (SSSR count). The van der Waals surface area contributed by atoms with Gasteiger partial charge in [0.2, 0.25) is 0 Å². The molecule has 0 saturated heterocycles. The highest BCUT2D eigenvalue weighted by Gasteiger charge is 2.30. The molecule has 0 radical (unpaired) electrons. The minimum Gasteiger partial charge on any atom is -0.462 e. The summed E-state index contributed by atoms with van der Waals surface area (Å²) in [6.07, 6.45) is 55.8. The molecule has 0 spiro atoms. The van der Waals surface area contributed by atoms with Gasteiger partial charge in [-0.3, -0.25) is 37.3 Å². The van der Waals surface area contributed by atoms with Gasteiger partial charge in [0.1, 0.15) is 19.3 Å². The van der Waals surface area contributed by atoms with Crippen LogP contribution in [0.15, 0.2) is 0 Å². The van der Waals surface area contributed by atoms with Crippen LogP contribution in [-0.2, 0) is 65.4 Å². The van der Waals surface area contributed by atoms with Gasteiger partial charge in [-0.25, -0.2) is 9.13 Å². The number of phosphoric ester groups is 2. The van der Waals surface area contributed by atoms with E-state index in [2.05, 4.69) is 55.4 Å². The largest absolute Gasteiger partial charge is 0.472 e. The van der Waals surface area contributed by atoms with E-state index in [0.717, 1.165) is 120 Å². The first-order valence-electron chi connectivity index (χ1n) is 41.2. The third-order valence-corrected chi connectivity index (χ3v) is 20.8. The van der Waals surface area contributed by atoms with Crippen molar-refractivity contribution >= 4 is 39.5 Å². The van der Waals surface area contributed by atoms with Crippen LogP contribution in [-0.4, -0.2) is 96.7 Å². The van der Waals surface area contributed by atoms with Gasteiger partial charge in [0, 0.05) is 25.7 Å². The normalized spacial score (nSPS) is 14.3. The topological polar surface area (TPSA) is 237 Å². The van der Waals surface area contributed by atoms with Gasteiger partial charge in [0.25, 0.3) is 0 Å². The number of aliphatic hydroxyl groups is 1. The van der Waals surface area contributed by atoms with E-state index in [0.29, 0.717) is 31.6 Å². The van der Waals surface area contributed by atoms with Crippen molar-refractivity contribution in [2.75, 3.05) is 39.6 Å². The molecule has 19 heteroatoms. The lowest BCUT2D eigenvalue weighted by Crippen LogP contribution is -2.30. The number of phosphoric acid groups is 2. The van der Waals surface area contributed by atoms with E-state index in [9.17, 15) is 43.2 Å². The lowest BCUT2D eigenvalue weighted by atomic mass is 10.00. The first-order valence-corrected chi connectivity index (χ1v) is 44.2. The Morgan fingerprint density at radius 2 is 0.485 bits per heavy atom. The lowest BCUT2D eigenvalue weighted by Gasteiger charge is -2.21. The predicted molar refractivity (Wildman–Crippen MR) is 404 cm³/mol. The van der Waals surface area contributed by atoms with Crippen molar-refractivity contribution in [1.29, 1.82) is 0 Å². The molecule has 0 aliphatic carbocycles. The summed E-state index contributed by atoms with van der Waals surface area (Å²) in [7, 11) is -9.92. The Bertz CT molecular complexity index is 1940. The molecule has 0 aromatic heterocycles. The second kappa shape index (κ2) is 69.1. The molecule has 588 valence electrons. The average Bonchev–Trinajstić information content (AvgIpc) is 0.944. The van der Waals surface area contributed by atoms with Crippen LogP contribution in [0.5, 0.6) is 0 Å². The fourth-order valence-electron chi connectivity index (χ4n) is 12.2. The van der Waals surface area contributed by atoms with E-state index in [1.54, 1.807) is 0 Å². The van der Waals surface area contributed by atoms with E-state index in [1.165, 1.54) is 199 Å². The van der Waals surface area contributed by atoms with E-state index in [4.69, 9.17) is 37.0 Å². The molecule has 17 nitrogen and oxygen atoms in total. The van der Waals surface area contributed by atoms with Crippen molar-refractivity contribution in [1.82, 2.24) is 0 Å². The van der Waals surface area contributed by atoms with Crippen LogP contribution < -0.4 is 0 Å². The first-order chi connectivity index (χ1) is 47.6. The van der Waals surface area contributed by atoms with Crippen LogP contribution >= 0.6 is 15.6 Å². The fourth-order valence-corrected chi connectivity index (χ4v) is 13.8. The summed E-state index contributed by atoms with van der Waals surface area (Å²) in [6, 6.07) is 0. The number of rotatable bonds is 77. The number of esters is 4. The second-order valence-corrected chi connectivity index (χ2v) is 33.4. The molecule has 3 N–H and O–H groups in total. The summed E-state index contributed by atoms with van der Waals surface area (Å²) in [4.78, 5) is 72.9. The summed E-state index contributed by atoms with van der Waals surface area (Å²) in [5, 5.41) is 10.6. The maximum absolute atomic E-state index is 13.1.